The molecule has 0 bridgehead atoms. The third-order valence-corrected chi connectivity index (χ3v) is 4.79. The zero-order chi connectivity index (χ0) is 20.5. The molecule has 2 N–H and O–H groups in total. The Balaban J connectivity index is 1.65. The number of carboxylic acid groups (broad SMARTS) is 1. The summed E-state index contributed by atoms with van der Waals surface area (Å²) in [6, 6.07) is 16.5. The summed E-state index contributed by atoms with van der Waals surface area (Å²) in [5.74, 6) is -1.57. The molecule has 0 spiro atoms. The van der Waals surface area contributed by atoms with Crippen LogP contribution in [0.15, 0.2) is 75.1 Å². The van der Waals surface area contributed by atoms with Gasteiger partial charge in [-0.2, -0.15) is 0 Å². The molecule has 1 fully saturated rings. The number of anilines is 1. The van der Waals surface area contributed by atoms with Gasteiger partial charge in [0.1, 0.15) is 17.1 Å². The third kappa shape index (κ3) is 3.57. The van der Waals surface area contributed by atoms with Crippen molar-refractivity contribution in [3.05, 3.63) is 82.0 Å². The Morgan fingerprint density at radius 3 is 2.62 bits per heavy atom. The van der Waals surface area contributed by atoms with Crippen molar-refractivity contribution in [1.29, 1.82) is 0 Å². The number of hydrazine groups is 1. The van der Waals surface area contributed by atoms with Crippen molar-refractivity contribution in [2.45, 2.75) is 0 Å². The summed E-state index contributed by atoms with van der Waals surface area (Å²) < 4.78 is 6.45. The molecule has 2 heterocycles. The summed E-state index contributed by atoms with van der Waals surface area (Å²) >= 11 is 3.33. The van der Waals surface area contributed by atoms with Crippen molar-refractivity contribution in [2.75, 3.05) is 5.01 Å². The van der Waals surface area contributed by atoms with Crippen LogP contribution in [0.3, 0.4) is 0 Å². The fourth-order valence-corrected chi connectivity index (χ4v) is 3.34. The van der Waals surface area contributed by atoms with Gasteiger partial charge in [-0.3, -0.25) is 15.0 Å². The lowest BCUT2D eigenvalue weighted by molar-refractivity contribution is -0.117. The van der Waals surface area contributed by atoms with Crippen LogP contribution in [0.25, 0.3) is 17.4 Å². The van der Waals surface area contributed by atoms with Crippen LogP contribution in [0.2, 0.25) is 0 Å². The summed E-state index contributed by atoms with van der Waals surface area (Å²) in [4.78, 5) is 36.4. The van der Waals surface area contributed by atoms with Crippen molar-refractivity contribution in [1.82, 2.24) is 5.43 Å². The van der Waals surface area contributed by atoms with E-state index in [-0.39, 0.29) is 16.9 Å². The molecule has 144 valence electrons. The standard InChI is InChI=1S/C21H13BrN2O5/c22-12-4-3-5-13(10-12)24-20(26)17(19(25)23-24)11-14-8-9-18(29-14)15-6-1-2-7-16(15)21(27)28/h1-11H,(H,23,25)(H,27,28)/b17-11-. The molecule has 29 heavy (non-hydrogen) atoms. The second-order valence-electron chi connectivity index (χ2n) is 6.17. The topological polar surface area (TPSA) is 99.9 Å². The maximum absolute atomic E-state index is 12.7. The summed E-state index contributed by atoms with van der Waals surface area (Å²) in [5, 5.41) is 10.5. The van der Waals surface area contributed by atoms with Crippen LogP contribution < -0.4 is 10.4 Å². The zero-order valence-electron chi connectivity index (χ0n) is 14.8. The summed E-state index contributed by atoms with van der Waals surface area (Å²) in [5.41, 5.74) is 3.44. The number of aromatic carboxylic acids is 1. The van der Waals surface area contributed by atoms with Gasteiger partial charge >= 0.3 is 5.97 Å². The minimum Gasteiger partial charge on any atom is -0.478 e. The van der Waals surface area contributed by atoms with Gasteiger partial charge in [-0.25, -0.2) is 9.80 Å². The Labute approximate surface area is 173 Å². The first kappa shape index (κ1) is 18.7. The first-order valence-corrected chi connectivity index (χ1v) is 9.28. The Morgan fingerprint density at radius 1 is 1.07 bits per heavy atom. The lowest BCUT2D eigenvalue weighted by Gasteiger charge is -2.14. The molecule has 1 aliphatic heterocycles. The minimum atomic E-state index is -1.08. The number of amides is 2. The molecule has 0 aliphatic carbocycles. The molecule has 1 aliphatic rings. The predicted molar refractivity (Wildman–Crippen MR) is 109 cm³/mol. The Hall–Kier alpha value is -3.65. The average molecular weight is 453 g/mol. The number of halogens is 1. The molecular formula is C21H13BrN2O5. The van der Waals surface area contributed by atoms with Crippen LogP contribution in [0.4, 0.5) is 5.69 Å². The molecule has 0 radical (unpaired) electrons. The van der Waals surface area contributed by atoms with E-state index < -0.39 is 17.8 Å². The van der Waals surface area contributed by atoms with Gasteiger partial charge in [-0.1, -0.05) is 40.2 Å². The quantitative estimate of drug-likeness (QED) is 0.462. The molecule has 7 nitrogen and oxygen atoms in total. The minimum absolute atomic E-state index is 0.0857. The third-order valence-electron chi connectivity index (χ3n) is 4.29. The smallest absolute Gasteiger partial charge is 0.336 e. The van der Waals surface area contributed by atoms with E-state index in [1.807, 2.05) is 6.07 Å². The van der Waals surface area contributed by atoms with E-state index in [0.29, 0.717) is 17.0 Å². The predicted octanol–water partition coefficient (Wildman–Crippen LogP) is 3.87. The molecular weight excluding hydrogens is 440 g/mol. The number of furan rings is 1. The van der Waals surface area contributed by atoms with E-state index in [0.717, 1.165) is 9.48 Å². The number of benzene rings is 2. The van der Waals surface area contributed by atoms with E-state index >= 15 is 0 Å². The first-order valence-electron chi connectivity index (χ1n) is 8.49. The monoisotopic (exact) mass is 452 g/mol. The van der Waals surface area contributed by atoms with Crippen LogP contribution in [-0.2, 0) is 9.59 Å². The summed E-state index contributed by atoms with van der Waals surface area (Å²) in [7, 11) is 0. The Kier molecular flexibility index (Phi) is 4.77. The van der Waals surface area contributed by atoms with Gasteiger partial charge in [0.15, 0.2) is 0 Å². The van der Waals surface area contributed by atoms with Gasteiger partial charge in [0.2, 0.25) is 0 Å². The molecule has 3 aromatic rings. The molecule has 0 atom stereocenters. The highest BCUT2D eigenvalue weighted by Crippen LogP contribution is 2.28. The van der Waals surface area contributed by atoms with E-state index in [1.54, 1.807) is 48.5 Å². The molecule has 0 saturated carbocycles. The fraction of sp³-hybridized carbons (Fsp3) is 0. The van der Waals surface area contributed by atoms with Crippen molar-refractivity contribution in [2.24, 2.45) is 0 Å². The summed E-state index contributed by atoms with van der Waals surface area (Å²) in [6.45, 7) is 0. The van der Waals surface area contributed by atoms with Gasteiger partial charge in [0, 0.05) is 10.0 Å². The van der Waals surface area contributed by atoms with Crippen LogP contribution in [-0.4, -0.2) is 22.9 Å². The Morgan fingerprint density at radius 2 is 1.86 bits per heavy atom. The van der Waals surface area contributed by atoms with Gasteiger partial charge in [0.25, 0.3) is 11.8 Å². The maximum Gasteiger partial charge on any atom is 0.336 e. The van der Waals surface area contributed by atoms with Gasteiger partial charge in [-0.05, 0) is 42.5 Å². The number of nitrogens with zero attached hydrogens (tertiary/aromatic N) is 1. The molecule has 4 rings (SSSR count). The number of carboxylic acids is 1. The normalized spacial score (nSPS) is 15.1. The second-order valence-corrected chi connectivity index (χ2v) is 7.09. The van der Waals surface area contributed by atoms with Crippen LogP contribution in [0, 0.1) is 0 Å². The molecule has 1 aromatic heterocycles. The lowest BCUT2D eigenvalue weighted by Crippen LogP contribution is -2.35. The van der Waals surface area contributed by atoms with Crippen molar-refractivity contribution < 1.29 is 23.9 Å². The Bertz CT molecular complexity index is 1180. The highest BCUT2D eigenvalue weighted by molar-refractivity contribution is 9.10. The van der Waals surface area contributed by atoms with Crippen LogP contribution in [0.1, 0.15) is 16.1 Å². The summed E-state index contributed by atoms with van der Waals surface area (Å²) in [6.07, 6.45) is 1.34. The van der Waals surface area contributed by atoms with Crippen molar-refractivity contribution in [3.63, 3.8) is 0 Å². The van der Waals surface area contributed by atoms with Gasteiger partial charge in [0.05, 0.1) is 11.3 Å². The lowest BCUT2D eigenvalue weighted by atomic mass is 10.1. The van der Waals surface area contributed by atoms with Crippen molar-refractivity contribution >= 4 is 45.5 Å². The first-order chi connectivity index (χ1) is 13.9. The van der Waals surface area contributed by atoms with E-state index in [2.05, 4.69) is 21.4 Å². The molecule has 2 aromatic carbocycles. The molecule has 2 amide bonds. The number of hydrogen-bond acceptors (Lipinski definition) is 4. The highest BCUT2D eigenvalue weighted by atomic mass is 79.9. The SMILES string of the molecule is O=C1NN(c2cccc(Br)c2)C(=O)/C1=C\c1ccc(-c2ccccc2C(=O)O)o1. The van der Waals surface area contributed by atoms with Crippen LogP contribution in [0.5, 0.6) is 0 Å². The van der Waals surface area contributed by atoms with Crippen molar-refractivity contribution in [3.8, 4) is 11.3 Å². The molecule has 0 unspecified atom stereocenters. The number of rotatable bonds is 4. The number of hydrogen-bond donors (Lipinski definition) is 2. The zero-order valence-corrected chi connectivity index (χ0v) is 16.3. The van der Waals surface area contributed by atoms with E-state index in [9.17, 15) is 19.5 Å². The van der Waals surface area contributed by atoms with Gasteiger partial charge < -0.3 is 9.52 Å². The van der Waals surface area contributed by atoms with E-state index in [4.69, 9.17) is 4.42 Å². The second kappa shape index (κ2) is 7.40. The largest absolute Gasteiger partial charge is 0.478 e. The molecule has 8 heteroatoms. The van der Waals surface area contributed by atoms with Crippen LogP contribution >= 0.6 is 15.9 Å². The molecule has 1 saturated heterocycles. The fourth-order valence-electron chi connectivity index (χ4n) is 2.96. The number of carbonyl (C=O) groups excluding carboxylic acids is 2. The number of carbonyl (C=O) groups is 3. The highest BCUT2D eigenvalue weighted by Gasteiger charge is 2.34. The average Bonchev–Trinajstić information content (AvgIpc) is 3.28. The van der Waals surface area contributed by atoms with Gasteiger partial charge in [-0.15, -0.1) is 0 Å². The number of nitrogens with one attached hydrogen (secondary N) is 1. The van der Waals surface area contributed by atoms with E-state index in [1.165, 1.54) is 12.1 Å². The maximum atomic E-state index is 12.7.